The van der Waals surface area contributed by atoms with Crippen LogP contribution in [0.1, 0.15) is 58.9 Å². The third-order valence-electron chi connectivity index (χ3n) is 4.38. The van der Waals surface area contributed by atoms with Crippen molar-refractivity contribution in [2.24, 2.45) is 0 Å². The fourth-order valence-corrected chi connectivity index (χ4v) is 3.19. The zero-order chi connectivity index (χ0) is 16.4. The van der Waals surface area contributed by atoms with E-state index in [2.05, 4.69) is 6.92 Å². The zero-order valence-electron chi connectivity index (χ0n) is 13.6. The number of carbonyl (C=O) groups excluding carboxylic acids is 2. The zero-order valence-corrected chi connectivity index (χ0v) is 13.6. The lowest BCUT2D eigenvalue weighted by Crippen LogP contribution is -2.31. The molecule has 0 heterocycles. The van der Waals surface area contributed by atoms with Crippen molar-refractivity contribution >= 4 is 17.4 Å². The Morgan fingerprint density at radius 1 is 1.17 bits per heavy atom. The maximum atomic E-state index is 12.8. The van der Waals surface area contributed by atoms with Gasteiger partial charge in [-0.05, 0) is 42.2 Å². The Hall–Kier alpha value is -2.42. The number of nitrogens with zero attached hydrogens (tertiary/aromatic N) is 1. The standard InChI is InChI=1S/C20H21NO2/c1-3-11-21(20(23)15-7-5-4-6-8-15)16-9-10-17-14(2)12-19(22)18(17)13-16/h4-10,13-14H,3,11-12H2,1-2H3. The molecule has 0 saturated heterocycles. The van der Waals surface area contributed by atoms with Crippen molar-refractivity contribution in [2.45, 2.75) is 32.6 Å². The Morgan fingerprint density at radius 2 is 1.91 bits per heavy atom. The first-order valence-corrected chi connectivity index (χ1v) is 8.16. The summed E-state index contributed by atoms with van der Waals surface area (Å²) in [7, 11) is 0. The van der Waals surface area contributed by atoms with Gasteiger partial charge in [-0.15, -0.1) is 0 Å². The van der Waals surface area contributed by atoms with Gasteiger partial charge in [0.05, 0.1) is 0 Å². The summed E-state index contributed by atoms with van der Waals surface area (Å²) in [6.07, 6.45) is 1.43. The first kappa shape index (κ1) is 15.5. The molecule has 0 aromatic heterocycles. The van der Waals surface area contributed by atoms with Gasteiger partial charge in [-0.2, -0.15) is 0 Å². The largest absolute Gasteiger partial charge is 0.308 e. The molecule has 0 fully saturated rings. The van der Waals surface area contributed by atoms with Crippen molar-refractivity contribution in [3.63, 3.8) is 0 Å². The number of anilines is 1. The van der Waals surface area contributed by atoms with Crippen LogP contribution in [-0.4, -0.2) is 18.2 Å². The SMILES string of the molecule is CCCN(C(=O)c1ccccc1)c1ccc2c(c1)C(=O)CC2C. The van der Waals surface area contributed by atoms with Crippen LogP contribution in [0.4, 0.5) is 5.69 Å². The first-order valence-electron chi connectivity index (χ1n) is 8.16. The van der Waals surface area contributed by atoms with Crippen LogP contribution in [0.15, 0.2) is 48.5 Å². The summed E-state index contributed by atoms with van der Waals surface area (Å²) in [5, 5.41) is 0. The average molecular weight is 307 g/mol. The summed E-state index contributed by atoms with van der Waals surface area (Å²) in [6.45, 7) is 4.75. The van der Waals surface area contributed by atoms with Gasteiger partial charge in [-0.3, -0.25) is 9.59 Å². The van der Waals surface area contributed by atoms with Gasteiger partial charge in [0.15, 0.2) is 5.78 Å². The molecule has 3 nitrogen and oxygen atoms in total. The maximum absolute atomic E-state index is 12.8. The molecular formula is C20H21NO2. The van der Waals surface area contributed by atoms with E-state index >= 15 is 0 Å². The van der Waals surface area contributed by atoms with E-state index in [1.807, 2.05) is 55.5 Å². The highest BCUT2D eigenvalue weighted by Gasteiger charge is 2.27. The maximum Gasteiger partial charge on any atom is 0.258 e. The van der Waals surface area contributed by atoms with E-state index in [9.17, 15) is 9.59 Å². The van der Waals surface area contributed by atoms with Crippen molar-refractivity contribution in [3.8, 4) is 0 Å². The van der Waals surface area contributed by atoms with Crippen LogP contribution in [-0.2, 0) is 0 Å². The number of carbonyl (C=O) groups is 2. The van der Waals surface area contributed by atoms with Crippen molar-refractivity contribution < 1.29 is 9.59 Å². The third kappa shape index (κ3) is 2.91. The number of fused-ring (bicyclic) bond motifs is 1. The smallest absolute Gasteiger partial charge is 0.258 e. The minimum absolute atomic E-state index is 0.0223. The molecule has 0 N–H and O–H groups in total. The number of amides is 1. The van der Waals surface area contributed by atoms with Gasteiger partial charge in [0.1, 0.15) is 0 Å². The molecule has 118 valence electrons. The summed E-state index contributed by atoms with van der Waals surface area (Å²) in [6, 6.07) is 15.1. The Bertz CT molecular complexity index is 737. The number of benzene rings is 2. The van der Waals surface area contributed by atoms with Gasteiger partial charge in [0.2, 0.25) is 0 Å². The van der Waals surface area contributed by atoms with Gasteiger partial charge >= 0.3 is 0 Å². The van der Waals surface area contributed by atoms with Gasteiger partial charge in [-0.1, -0.05) is 38.1 Å². The molecule has 3 rings (SSSR count). The second-order valence-corrected chi connectivity index (χ2v) is 6.12. The predicted molar refractivity (Wildman–Crippen MR) is 92.2 cm³/mol. The number of ketones is 1. The van der Waals surface area contributed by atoms with E-state index in [0.717, 1.165) is 23.2 Å². The average Bonchev–Trinajstić information content (AvgIpc) is 2.87. The third-order valence-corrected chi connectivity index (χ3v) is 4.38. The lowest BCUT2D eigenvalue weighted by molar-refractivity contribution is 0.0977. The monoisotopic (exact) mass is 307 g/mol. The summed E-state index contributed by atoms with van der Waals surface area (Å²) >= 11 is 0. The fourth-order valence-electron chi connectivity index (χ4n) is 3.19. The van der Waals surface area contributed by atoms with Crippen LogP contribution in [0, 0.1) is 0 Å². The summed E-state index contributed by atoms with van der Waals surface area (Å²) in [4.78, 5) is 26.7. The molecule has 0 bridgehead atoms. The Kier molecular flexibility index (Phi) is 4.28. The quantitative estimate of drug-likeness (QED) is 0.837. The lowest BCUT2D eigenvalue weighted by atomic mass is 10.0. The molecule has 1 unspecified atom stereocenters. The second-order valence-electron chi connectivity index (χ2n) is 6.12. The van der Waals surface area contributed by atoms with E-state index in [1.165, 1.54) is 0 Å². The van der Waals surface area contributed by atoms with Gasteiger partial charge < -0.3 is 4.90 Å². The predicted octanol–water partition coefficient (Wildman–Crippen LogP) is 4.43. The molecule has 2 aromatic carbocycles. The highest BCUT2D eigenvalue weighted by Crippen LogP contribution is 2.35. The fraction of sp³-hybridized carbons (Fsp3) is 0.300. The topological polar surface area (TPSA) is 37.4 Å². The van der Waals surface area contributed by atoms with E-state index in [0.29, 0.717) is 18.5 Å². The van der Waals surface area contributed by atoms with Gasteiger partial charge in [0.25, 0.3) is 5.91 Å². The number of rotatable bonds is 4. The van der Waals surface area contributed by atoms with Crippen molar-refractivity contribution in [2.75, 3.05) is 11.4 Å². The molecule has 0 spiro atoms. The summed E-state index contributed by atoms with van der Waals surface area (Å²) in [5.74, 6) is 0.430. The molecule has 23 heavy (non-hydrogen) atoms. The van der Waals surface area contributed by atoms with E-state index < -0.39 is 0 Å². The van der Waals surface area contributed by atoms with E-state index in [4.69, 9.17) is 0 Å². The van der Waals surface area contributed by atoms with Crippen LogP contribution in [0.25, 0.3) is 0 Å². The number of Topliss-reactive ketones (excluding diaryl/α,β-unsaturated/α-hetero) is 1. The van der Waals surface area contributed by atoms with Crippen molar-refractivity contribution in [1.29, 1.82) is 0 Å². The van der Waals surface area contributed by atoms with Crippen LogP contribution < -0.4 is 4.90 Å². The molecule has 0 saturated carbocycles. The summed E-state index contributed by atoms with van der Waals surface area (Å²) < 4.78 is 0. The minimum Gasteiger partial charge on any atom is -0.308 e. The Morgan fingerprint density at radius 3 is 2.61 bits per heavy atom. The molecular weight excluding hydrogens is 286 g/mol. The van der Waals surface area contributed by atoms with Crippen LogP contribution in [0.5, 0.6) is 0 Å². The van der Waals surface area contributed by atoms with Crippen molar-refractivity contribution in [1.82, 2.24) is 0 Å². The van der Waals surface area contributed by atoms with Crippen molar-refractivity contribution in [3.05, 3.63) is 65.2 Å². The Labute approximate surface area is 136 Å². The van der Waals surface area contributed by atoms with E-state index in [1.54, 1.807) is 4.90 Å². The highest BCUT2D eigenvalue weighted by molar-refractivity contribution is 6.07. The number of hydrogen-bond acceptors (Lipinski definition) is 2. The summed E-state index contributed by atoms with van der Waals surface area (Å²) in [5.41, 5.74) is 3.35. The highest BCUT2D eigenvalue weighted by atomic mass is 16.2. The molecule has 2 aromatic rings. The molecule has 1 aliphatic carbocycles. The lowest BCUT2D eigenvalue weighted by Gasteiger charge is -2.23. The second kappa shape index (κ2) is 6.37. The van der Waals surface area contributed by atoms with Crippen LogP contribution in [0.3, 0.4) is 0 Å². The van der Waals surface area contributed by atoms with E-state index in [-0.39, 0.29) is 17.6 Å². The van der Waals surface area contributed by atoms with Crippen LogP contribution >= 0.6 is 0 Å². The molecule has 1 aliphatic rings. The molecule has 0 aliphatic heterocycles. The molecule has 1 atom stereocenters. The first-order chi connectivity index (χ1) is 11.1. The molecule has 1 amide bonds. The van der Waals surface area contributed by atoms with Crippen LogP contribution in [0.2, 0.25) is 0 Å². The van der Waals surface area contributed by atoms with Gasteiger partial charge in [-0.25, -0.2) is 0 Å². The molecule has 0 radical (unpaired) electrons. The minimum atomic E-state index is -0.0223. The normalized spacial score (nSPS) is 16.3. The number of hydrogen-bond donors (Lipinski definition) is 0. The Balaban J connectivity index is 1.98. The van der Waals surface area contributed by atoms with Gasteiger partial charge in [0, 0.05) is 29.8 Å². The molecule has 3 heteroatoms.